The minimum atomic E-state index is -0.495. The van der Waals surface area contributed by atoms with Gasteiger partial charge in [0.25, 0.3) is 0 Å². The molecular weight excluding hydrogens is 388 g/mol. The number of aromatic nitrogens is 5. The Kier molecular flexibility index (Phi) is 8.07. The Morgan fingerprint density at radius 3 is 2.67 bits per heavy atom. The molecule has 1 fully saturated rings. The predicted octanol–water partition coefficient (Wildman–Crippen LogP) is 1.80. The molecule has 0 saturated carbocycles. The number of anilines is 1. The highest BCUT2D eigenvalue weighted by Crippen LogP contribution is 2.20. The van der Waals surface area contributed by atoms with Crippen LogP contribution in [0.1, 0.15) is 55.2 Å². The number of nitrogens with two attached hydrogens (primary N) is 1. The molecule has 2 aliphatic rings. The van der Waals surface area contributed by atoms with Gasteiger partial charge < -0.3 is 10.5 Å². The Morgan fingerprint density at radius 2 is 2.10 bits per heavy atom. The number of aliphatic imine (C=N–C) groups is 1. The minimum Gasteiger partial charge on any atom is -0.461 e. The summed E-state index contributed by atoms with van der Waals surface area (Å²) in [5.74, 6) is -0.178. The van der Waals surface area contributed by atoms with E-state index in [1.54, 1.807) is 0 Å². The zero-order chi connectivity index (χ0) is 21.2. The molecule has 0 amide bonds. The Balaban J connectivity index is 0.000000367. The number of nitrogen functional groups attached to an aromatic ring is 1. The number of dihydropyridines is 1. The molecule has 2 N–H and O–H groups in total. The Bertz CT molecular complexity index is 855. The van der Waals surface area contributed by atoms with Crippen molar-refractivity contribution in [2.45, 2.75) is 45.6 Å². The highest BCUT2D eigenvalue weighted by atomic mass is 16.6. The van der Waals surface area contributed by atoms with Crippen molar-refractivity contribution in [3.05, 3.63) is 23.5 Å². The molecule has 4 rings (SSSR count). The van der Waals surface area contributed by atoms with E-state index in [1.165, 1.54) is 11.1 Å². The summed E-state index contributed by atoms with van der Waals surface area (Å²) >= 11 is 0. The van der Waals surface area contributed by atoms with Gasteiger partial charge in [-0.25, -0.2) is 9.42 Å². The quantitative estimate of drug-likeness (QED) is 0.698. The van der Waals surface area contributed by atoms with Gasteiger partial charge in [-0.2, -0.15) is 4.68 Å². The molecule has 0 aromatic carbocycles. The number of nitrogens with zero attached hydrogens (tertiary/aromatic N) is 7. The van der Waals surface area contributed by atoms with Gasteiger partial charge in [-0.3, -0.25) is 9.89 Å². The summed E-state index contributed by atoms with van der Waals surface area (Å²) in [6, 6.07) is 0. The van der Waals surface area contributed by atoms with Crippen molar-refractivity contribution < 1.29 is 14.2 Å². The van der Waals surface area contributed by atoms with E-state index < -0.39 is 5.97 Å². The number of hydrogen-bond acceptors (Lipinski definition) is 10. The van der Waals surface area contributed by atoms with Crippen molar-refractivity contribution in [1.29, 1.82) is 0 Å². The number of allylic oxidation sites excluding steroid dienone is 1. The average Bonchev–Trinajstić information content (AvgIpc) is 3.40. The second-order valence-corrected chi connectivity index (χ2v) is 7.01. The lowest BCUT2D eigenvalue weighted by Gasteiger charge is -2.26. The van der Waals surface area contributed by atoms with Crippen LogP contribution in [0.2, 0.25) is 0 Å². The molecule has 1 saturated heterocycles. The number of likely N-dealkylation sites (tertiary alicyclic amines) is 1. The van der Waals surface area contributed by atoms with E-state index in [0.717, 1.165) is 45.3 Å². The molecule has 0 atom stereocenters. The number of rotatable bonds is 6. The van der Waals surface area contributed by atoms with Gasteiger partial charge in [0.15, 0.2) is 5.69 Å². The second-order valence-electron chi connectivity index (χ2n) is 7.01. The van der Waals surface area contributed by atoms with Crippen molar-refractivity contribution in [2.75, 3.05) is 32.0 Å². The van der Waals surface area contributed by atoms with E-state index in [9.17, 15) is 4.79 Å². The van der Waals surface area contributed by atoms with Gasteiger partial charge in [-0.1, -0.05) is 24.6 Å². The van der Waals surface area contributed by atoms with Crippen LogP contribution in [0.15, 0.2) is 21.8 Å². The molecule has 2 aliphatic heterocycles. The van der Waals surface area contributed by atoms with E-state index in [2.05, 4.69) is 41.2 Å². The fraction of sp³-hybridized carbons (Fsp3) is 0.579. The summed E-state index contributed by atoms with van der Waals surface area (Å²) in [6.07, 6.45) is 11.3. The van der Waals surface area contributed by atoms with Crippen molar-refractivity contribution in [3.8, 4) is 5.82 Å². The molecular formula is C19H28N8O3. The van der Waals surface area contributed by atoms with E-state index in [-0.39, 0.29) is 17.3 Å². The number of carbonyl (C=O) groups excluding carboxylic acids is 1. The molecule has 0 bridgehead atoms. The van der Waals surface area contributed by atoms with Crippen LogP contribution in [-0.2, 0) is 11.3 Å². The number of hydrogen-bond donors (Lipinski definition) is 1. The zero-order valence-electron chi connectivity index (χ0n) is 17.2. The van der Waals surface area contributed by atoms with Crippen LogP contribution in [0.3, 0.4) is 0 Å². The van der Waals surface area contributed by atoms with Crippen LogP contribution < -0.4 is 5.73 Å². The van der Waals surface area contributed by atoms with Crippen LogP contribution >= 0.6 is 0 Å². The maximum atomic E-state index is 12.3. The number of ether oxygens (including phenoxy) is 1. The van der Waals surface area contributed by atoms with Crippen LogP contribution in [-0.4, -0.2) is 68.6 Å². The molecule has 0 unspecified atom stereocenters. The molecule has 2 aromatic heterocycles. The van der Waals surface area contributed by atoms with E-state index in [1.807, 2.05) is 19.2 Å². The lowest BCUT2D eigenvalue weighted by molar-refractivity contribution is 0.0495. The monoisotopic (exact) mass is 416 g/mol. The topological polar surface area (TPSA) is 138 Å². The van der Waals surface area contributed by atoms with Crippen molar-refractivity contribution >= 4 is 18.0 Å². The van der Waals surface area contributed by atoms with Crippen molar-refractivity contribution in [1.82, 2.24) is 30.2 Å². The number of carbonyl (C=O) groups is 1. The van der Waals surface area contributed by atoms with Gasteiger partial charge >= 0.3 is 5.97 Å². The summed E-state index contributed by atoms with van der Waals surface area (Å²) in [7, 11) is 0. The lowest BCUT2D eigenvalue weighted by Crippen LogP contribution is -2.31. The third-order valence-corrected chi connectivity index (χ3v) is 4.66. The average molecular weight is 416 g/mol. The largest absolute Gasteiger partial charge is 0.461 e. The summed E-state index contributed by atoms with van der Waals surface area (Å²) in [5.41, 5.74) is 6.52. The Hall–Kier alpha value is -3.08. The predicted molar refractivity (Wildman–Crippen MR) is 110 cm³/mol. The molecule has 162 valence electrons. The SMILES string of the molecule is C1=CCCN=C1.CCCOC(=O)c1nnn(-c2nonc2N)c1CN1CCCCC1. The lowest BCUT2D eigenvalue weighted by atomic mass is 10.1. The number of piperidine rings is 1. The third-order valence-electron chi connectivity index (χ3n) is 4.66. The normalized spacial score (nSPS) is 16.2. The molecule has 11 heteroatoms. The highest BCUT2D eigenvalue weighted by Gasteiger charge is 2.26. The molecule has 0 radical (unpaired) electrons. The van der Waals surface area contributed by atoms with Gasteiger partial charge in [-0.05, 0) is 55.2 Å². The fourth-order valence-electron chi connectivity index (χ4n) is 3.14. The summed E-state index contributed by atoms with van der Waals surface area (Å²) in [4.78, 5) is 18.5. The molecule has 4 heterocycles. The maximum Gasteiger partial charge on any atom is 0.360 e. The maximum absolute atomic E-state index is 12.3. The van der Waals surface area contributed by atoms with Crippen LogP contribution in [0.5, 0.6) is 0 Å². The van der Waals surface area contributed by atoms with Gasteiger partial charge in [0.05, 0.1) is 12.3 Å². The van der Waals surface area contributed by atoms with Crippen LogP contribution in [0.25, 0.3) is 5.82 Å². The highest BCUT2D eigenvalue weighted by molar-refractivity contribution is 5.88. The Labute approximate surface area is 174 Å². The standard InChI is InChI=1S/C14H21N7O3.C5H7N/c1-2-8-23-14(22)11-10(9-20-6-4-3-5-7-20)21(19-16-11)13-12(15)17-24-18-13;1-2-4-6-5-3-1/h2-9H2,1H3,(H2,15,17);1-2,4H,3,5H2. The Morgan fingerprint density at radius 1 is 1.27 bits per heavy atom. The molecule has 2 aromatic rings. The second kappa shape index (κ2) is 11.2. The smallest absolute Gasteiger partial charge is 0.360 e. The first-order valence-electron chi connectivity index (χ1n) is 10.3. The summed E-state index contributed by atoms with van der Waals surface area (Å²) < 4.78 is 11.2. The summed E-state index contributed by atoms with van der Waals surface area (Å²) in [6.45, 7) is 5.68. The molecule has 0 aliphatic carbocycles. The first-order valence-corrected chi connectivity index (χ1v) is 10.3. The van der Waals surface area contributed by atoms with Crippen molar-refractivity contribution in [2.24, 2.45) is 4.99 Å². The first kappa shape index (κ1) is 21.6. The third kappa shape index (κ3) is 5.72. The first-order chi connectivity index (χ1) is 14.7. The van der Waals surface area contributed by atoms with Crippen molar-refractivity contribution in [3.63, 3.8) is 0 Å². The fourth-order valence-corrected chi connectivity index (χ4v) is 3.14. The molecule has 30 heavy (non-hydrogen) atoms. The molecule has 11 nitrogen and oxygen atoms in total. The van der Waals surface area contributed by atoms with Gasteiger partial charge in [0, 0.05) is 19.3 Å². The van der Waals surface area contributed by atoms with Crippen LogP contribution in [0.4, 0.5) is 5.82 Å². The van der Waals surface area contributed by atoms with E-state index in [4.69, 9.17) is 10.5 Å². The van der Waals surface area contributed by atoms with E-state index >= 15 is 0 Å². The minimum absolute atomic E-state index is 0.0910. The van der Waals surface area contributed by atoms with Crippen LogP contribution in [0, 0.1) is 0 Å². The number of esters is 1. The van der Waals surface area contributed by atoms with Gasteiger partial charge in [0.1, 0.15) is 0 Å². The molecule has 0 spiro atoms. The summed E-state index contributed by atoms with van der Waals surface area (Å²) in [5, 5.41) is 15.3. The van der Waals surface area contributed by atoms with Gasteiger partial charge in [-0.15, -0.1) is 5.10 Å². The zero-order valence-corrected chi connectivity index (χ0v) is 17.2. The van der Waals surface area contributed by atoms with Gasteiger partial charge in [0.2, 0.25) is 11.6 Å². The van der Waals surface area contributed by atoms with E-state index in [0.29, 0.717) is 18.8 Å².